The van der Waals surface area contributed by atoms with Gasteiger partial charge in [-0.15, -0.1) is 6.42 Å². The minimum absolute atomic E-state index is 0.0271. The highest BCUT2D eigenvalue weighted by molar-refractivity contribution is 9.10. The van der Waals surface area contributed by atoms with Crippen LogP contribution in [-0.4, -0.2) is 45.3 Å². The summed E-state index contributed by atoms with van der Waals surface area (Å²) < 4.78 is 5.93. The van der Waals surface area contributed by atoms with E-state index in [0.29, 0.717) is 21.4 Å². The van der Waals surface area contributed by atoms with Crippen LogP contribution < -0.4 is 20.7 Å². The van der Waals surface area contributed by atoms with Gasteiger partial charge in [-0.25, -0.2) is 9.78 Å². The second-order valence-electron chi connectivity index (χ2n) is 9.48. The Hall–Kier alpha value is -4.18. The predicted octanol–water partition coefficient (Wildman–Crippen LogP) is 4.49. The van der Waals surface area contributed by atoms with Crippen LogP contribution in [0.15, 0.2) is 59.2 Å². The normalized spacial score (nSPS) is 11.6. The fraction of sp³-hybridized carbons (Fsp3) is 0.286. The first-order chi connectivity index (χ1) is 19.1. The standard InChI is InChI=1S/C28H30BrN5O6/c1-5-11-38-25-22(29)16-30-26(34-25)32-21-13-19(17-35)12-20(15-21)31-24(36)23(14-18-9-7-6-8-10-18)33-27(37)39-40-28(2,3)4/h1,6-10,12-13,15-16,23,35H,11,14,17H2,2-4H3,(H,31,36)(H,33,37)(H,30,32,34)/t23-/m1/s1. The number of hydrogen-bond acceptors (Lipinski definition) is 9. The Kier molecular flexibility index (Phi) is 10.8. The minimum atomic E-state index is -1.00. The number of benzene rings is 2. The lowest BCUT2D eigenvalue weighted by Gasteiger charge is -2.21. The number of hydrogen-bond donors (Lipinski definition) is 4. The van der Waals surface area contributed by atoms with Gasteiger partial charge in [-0.3, -0.25) is 9.68 Å². The van der Waals surface area contributed by atoms with Crippen LogP contribution in [-0.2, 0) is 27.6 Å². The van der Waals surface area contributed by atoms with E-state index in [9.17, 15) is 14.7 Å². The first kappa shape index (κ1) is 30.4. The Morgan fingerprint density at radius 2 is 1.85 bits per heavy atom. The third-order valence-corrected chi connectivity index (χ3v) is 5.51. The molecule has 12 heteroatoms. The monoisotopic (exact) mass is 611 g/mol. The average Bonchev–Trinajstić information content (AvgIpc) is 2.92. The largest absolute Gasteiger partial charge is 0.464 e. The molecule has 4 N–H and O–H groups in total. The van der Waals surface area contributed by atoms with Crippen molar-refractivity contribution in [1.29, 1.82) is 0 Å². The number of aromatic nitrogens is 2. The van der Waals surface area contributed by atoms with E-state index in [1.165, 1.54) is 6.20 Å². The molecule has 1 aromatic heterocycles. The number of amides is 2. The van der Waals surface area contributed by atoms with Crippen LogP contribution >= 0.6 is 15.9 Å². The number of rotatable bonds is 11. The van der Waals surface area contributed by atoms with Gasteiger partial charge in [-0.05, 0) is 66.0 Å². The van der Waals surface area contributed by atoms with E-state index < -0.39 is 23.6 Å². The number of terminal acetylenes is 1. The van der Waals surface area contributed by atoms with E-state index in [0.717, 1.165) is 5.56 Å². The molecule has 0 bridgehead atoms. The fourth-order valence-electron chi connectivity index (χ4n) is 3.30. The number of nitrogens with one attached hydrogen (secondary N) is 3. The lowest BCUT2D eigenvalue weighted by molar-refractivity contribution is -0.300. The molecule has 0 saturated heterocycles. The van der Waals surface area contributed by atoms with E-state index in [-0.39, 0.29) is 31.5 Å². The predicted molar refractivity (Wildman–Crippen MR) is 153 cm³/mol. The summed E-state index contributed by atoms with van der Waals surface area (Å²) >= 11 is 3.31. The van der Waals surface area contributed by atoms with Crippen LogP contribution in [0.3, 0.4) is 0 Å². The average molecular weight is 612 g/mol. The summed E-state index contributed by atoms with van der Waals surface area (Å²) in [5.41, 5.74) is 1.44. The van der Waals surface area contributed by atoms with Gasteiger partial charge in [-0.2, -0.15) is 9.87 Å². The van der Waals surface area contributed by atoms with Crippen molar-refractivity contribution in [3.63, 3.8) is 0 Å². The van der Waals surface area contributed by atoms with Gasteiger partial charge in [0.15, 0.2) is 6.61 Å². The number of nitrogens with zero attached hydrogens (tertiary/aromatic N) is 2. The Morgan fingerprint density at radius 1 is 1.12 bits per heavy atom. The molecule has 2 amide bonds. The number of halogens is 1. The Balaban J connectivity index is 1.80. The zero-order chi connectivity index (χ0) is 29.1. The first-order valence-corrected chi connectivity index (χ1v) is 13.0. The highest BCUT2D eigenvalue weighted by Crippen LogP contribution is 2.26. The molecule has 0 aliphatic heterocycles. The van der Waals surface area contributed by atoms with Crippen LogP contribution in [0.2, 0.25) is 0 Å². The molecule has 2 aromatic carbocycles. The first-order valence-electron chi connectivity index (χ1n) is 12.2. The Bertz CT molecular complexity index is 1360. The van der Waals surface area contributed by atoms with Gasteiger partial charge in [0.1, 0.15) is 11.6 Å². The molecule has 0 aliphatic carbocycles. The fourth-order valence-corrected chi connectivity index (χ4v) is 3.60. The minimum Gasteiger partial charge on any atom is -0.464 e. The third-order valence-electron chi connectivity index (χ3n) is 4.96. The van der Waals surface area contributed by atoms with Crippen molar-refractivity contribution in [3.05, 3.63) is 70.3 Å². The maximum Gasteiger partial charge on any atom is 0.439 e. The zero-order valence-corrected chi connectivity index (χ0v) is 23.8. The van der Waals surface area contributed by atoms with Crippen molar-refractivity contribution in [2.45, 2.75) is 45.4 Å². The molecule has 0 radical (unpaired) electrons. The van der Waals surface area contributed by atoms with Gasteiger partial charge >= 0.3 is 6.09 Å². The molecular weight excluding hydrogens is 582 g/mol. The van der Waals surface area contributed by atoms with Gasteiger partial charge in [-0.1, -0.05) is 36.3 Å². The maximum absolute atomic E-state index is 13.3. The van der Waals surface area contributed by atoms with Crippen molar-refractivity contribution < 1.29 is 29.2 Å². The van der Waals surface area contributed by atoms with E-state index in [4.69, 9.17) is 20.9 Å². The van der Waals surface area contributed by atoms with Gasteiger partial charge in [0, 0.05) is 17.8 Å². The summed E-state index contributed by atoms with van der Waals surface area (Å²) in [7, 11) is 0. The van der Waals surface area contributed by atoms with Crippen molar-refractivity contribution in [3.8, 4) is 18.2 Å². The number of carbonyl (C=O) groups excluding carboxylic acids is 2. The van der Waals surface area contributed by atoms with E-state index >= 15 is 0 Å². The maximum atomic E-state index is 13.3. The van der Waals surface area contributed by atoms with Gasteiger partial charge in [0.2, 0.25) is 17.7 Å². The van der Waals surface area contributed by atoms with Gasteiger partial charge in [0.05, 0.1) is 17.3 Å². The van der Waals surface area contributed by atoms with Crippen molar-refractivity contribution in [2.24, 2.45) is 0 Å². The smallest absolute Gasteiger partial charge is 0.439 e. The van der Waals surface area contributed by atoms with Crippen LogP contribution in [0.1, 0.15) is 31.9 Å². The van der Waals surface area contributed by atoms with E-state index in [1.807, 2.05) is 30.3 Å². The van der Waals surface area contributed by atoms with Gasteiger partial charge in [0.25, 0.3) is 0 Å². The highest BCUT2D eigenvalue weighted by atomic mass is 79.9. The molecule has 0 aliphatic rings. The summed E-state index contributed by atoms with van der Waals surface area (Å²) in [5, 5.41) is 18.2. The summed E-state index contributed by atoms with van der Waals surface area (Å²) in [6.45, 7) is 4.90. The molecule has 11 nitrogen and oxygen atoms in total. The van der Waals surface area contributed by atoms with Crippen molar-refractivity contribution >= 4 is 45.3 Å². The molecule has 0 fully saturated rings. The molecule has 40 heavy (non-hydrogen) atoms. The van der Waals surface area contributed by atoms with Crippen LogP contribution in [0, 0.1) is 12.3 Å². The number of aliphatic hydroxyl groups excluding tert-OH is 1. The highest BCUT2D eigenvalue weighted by Gasteiger charge is 2.24. The van der Waals surface area contributed by atoms with E-state index in [2.05, 4.69) is 47.8 Å². The summed E-state index contributed by atoms with van der Waals surface area (Å²) in [4.78, 5) is 44.1. The quantitative estimate of drug-likeness (QED) is 0.140. The number of aliphatic hydroxyl groups is 1. The van der Waals surface area contributed by atoms with E-state index in [1.54, 1.807) is 39.0 Å². The van der Waals surface area contributed by atoms with Crippen LogP contribution in [0.5, 0.6) is 5.88 Å². The Labute approximate surface area is 240 Å². The summed E-state index contributed by atoms with van der Waals surface area (Å²) in [5.74, 6) is 2.31. The molecule has 0 spiro atoms. The number of ether oxygens (including phenoxy) is 1. The zero-order valence-electron chi connectivity index (χ0n) is 22.2. The Morgan fingerprint density at radius 3 is 2.52 bits per heavy atom. The summed E-state index contributed by atoms with van der Waals surface area (Å²) in [6, 6.07) is 13.1. The lowest BCUT2D eigenvalue weighted by atomic mass is 10.1. The molecule has 1 heterocycles. The molecule has 0 saturated carbocycles. The molecule has 210 valence electrons. The SMILES string of the molecule is C#CCOc1nc(Nc2cc(CO)cc(NC(=O)[C@@H](Cc3ccccc3)NC(=O)OOC(C)(C)C)c2)ncc1Br. The molecule has 0 unspecified atom stereocenters. The number of anilines is 3. The lowest BCUT2D eigenvalue weighted by Crippen LogP contribution is -2.46. The topological polar surface area (TPSA) is 144 Å². The molecular formula is C28H30BrN5O6. The van der Waals surface area contributed by atoms with Crippen LogP contribution in [0.25, 0.3) is 0 Å². The second kappa shape index (κ2) is 14.3. The summed E-state index contributed by atoms with van der Waals surface area (Å²) in [6.07, 6.45) is 6.04. The third kappa shape index (κ3) is 9.85. The second-order valence-corrected chi connectivity index (χ2v) is 10.3. The van der Waals surface area contributed by atoms with Crippen molar-refractivity contribution in [2.75, 3.05) is 17.2 Å². The number of carbonyl (C=O) groups is 2. The van der Waals surface area contributed by atoms with Crippen LogP contribution in [0.4, 0.5) is 22.1 Å². The molecule has 3 aromatic rings. The molecule has 1 atom stereocenters. The molecule has 3 rings (SSSR count). The van der Waals surface area contributed by atoms with Gasteiger partial charge < -0.3 is 25.8 Å². The van der Waals surface area contributed by atoms with Crippen molar-refractivity contribution in [1.82, 2.24) is 15.3 Å².